The first kappa shape index (κ1) is 15.6. The summed E-state index contributed by atoms with van der Waals surface area (Å²) in [5.74, 6) is -3.29. The average molecular weight is 287 g/mol. The maximum Gasteiger partial charge on any atom is 0.402 e. The molecule has 1 atom stereocenters. The van der Waals surface area contributed by atoms with E-state index in [2.05, 4.69) is 0 Å². The summed E-state index contributed by atoms with van der Waals surface area (Å²) in [6.07, 6.45) is -10.9. The first-order valence-electron chi connectivity index (χ1n) is 5.10. The van der Waals surface area contributed by atoms with Crippen LogP contribution in [0.15, 0.2) is 24.3 Å². The molecule has 1 unspecified atom stereocenters. The Morgan fingerprint density at radius 3 is 1.68 bits per heavy atom. The highest BCUT2D eigenvalue weighted by Crippen LogP contribution is 2.45. The van der Waals surface area contributed by atoms with Gasteiger partial charge in [-0.3, -0.25) is 0 Å². The van der Waals surface area contributed by atoms with E-state index in [1.807, 2.05) is 0 Å². The van der Waals surface area contributed by atoms with Crippen LogP contribution < -0.4 is 10.5 Å². The second kappa shape index (κ2) is 5.28. The highest BCUT2D eigenvalue weighted by atomic mass is 19.4. The third-order valence-electron chi connectivity index (χ3n) is 2.57. The van der Waals surface area contributed by atoms with Gasteiger partial charge in [-0.1, -0.05) is 12.1 Å². The number of methoxy groups -OCH3 is 1. The molecule has 0 saturated carbocycles. The van der Waals surface area contributed by atoms with Crippen LogP contribution in [0.5, 0.6) is 5.75 Å². The summed E-state index contributed by atoms with van der Waals surface area (Å²) in [4.78, 5) is 0. The van der Waals surface area contributed by atoms with E-state index in [0.29, 0.717) is 5.75 Å². The fourth-order valence-electron chi connectivity index (χ4n) is 1.61. The van der Waals surface area contributed by atoms with Crippen molar-refractivity contribution >= 4 is 0 Å². The van der Waals surface area contributed by atoms with E-state index in [-0.39, 0.29) is 5.56 Å². The molecule has 1 aromatic rings. The smallest absolute Gasteiger partial charge is 0.402 e. The quantitative estimate of drug-likeness (QED) is 0.864. The van der Waals surface area contributed by atoms with Gasteiger partial charge in [0.05, 0.1) is 13.2 Å². The minimum atomic E-state index is -5.46. The van der Waals surface area contributed by atoms with Crippen molar-refractivity contribution in [2.75, 3.05) is 7.11 Å². The average Bonchev–Trinajstić information content (AvgIpc) is 2.25. The summed E-state index contributed by atoms with van der Waals surface area (Å²) in [7, 11) is 1.32. The molecule has 8 heteroatoms. The Bertz CT molecular complexity index is 397. The highest BCUT2D eigenvalue weighted by Gasteiger charge is 2.59. The lowest BCUT2D eigenvalue weighted by Crippen LogP contribution is -2.43. The van der Waals surface area contributed by atoms with Crippen LogP contribution in [-0.4, -0.2) is 19.5 Å². The Labute approximate surface area is 105 Å². The molecule has 0 aromatic heterocycles. The third-order valence-corrected chi connectivity index (χ3v) is 2.57. The van der Waals surface area contributed by atoms with Crippen LogP contribution in [0.2, 0.25) is 0 Å². The summed E-state index contributed by atoms with van der Waals surface area (Å²) in [5.41, 5.74) is 4.86. The van der Waals surface area contributed by atoms with E-state index in [1.54, 1.807) is 0 Å². The van der Waals surface area contributed by atoms with Crippen LogP contribution in [-0.2, 0) is 0 Å². The van der Waals surface area contributed by atoms with Gasteiger partial charge in [0.2, 0.25) is 0 Å². The molecule has 0 saturated heterocycles. The van der Waals surface area contributed by atoms with E-state index < -0.39 is 24.3 Å². The molecule has 0 aliphatic carbocycles. The van der Waals surface area contributed by atoms with Gasteiger partial charge in [-0.15, -0.1) is 0 Å². The lowest BCUT2D eigenvalue weighted by molar-refractivity contribution is -0.290. The molecule has 1 aromatic carbocycles. The number of alkyl halides is 6. The van der Waals surface area contributed by atoms with Crippen molar-refractivity contribution in [3.63, 3.8) is 0 Å². The molecule has 0 heterocycles. The summed E-state index contributed by atoms with van der Waals surface area (Å²) < 4.78 is 79.6. The molecule has 1 rings (SSSR count). The van der Waals surface area contributed by atoms with Crippen LogP contribution in [0.1, 0.15) is 11.6 Å². The largest absolute Gasteiger partial charge is 0.497 e. The first-order chi connectivity index (χ1) is 8.57. The molecule has 0 aliphatic heterocycles. The molecule has 0 spiro atoms. The van der Waals surface area contributed by atoms with E-state index in [1.165, 1.54) is 19.2 Å². The lowest BCUT2D eigenvalue weighted by Gasteiger charge is -2.28. The number of rotatable bonds is 3. The third kappa shape index (κ3) is 3.76. The van der Waals surface area contributed by atoms with E-state index in [0.717, 1.165) is 12.1 Å². The minimum Gasteiger partial charge on any atom is -0.497 e. The molecule has 0 fully saturated rings. The molecule has 2 nitrogen and oxygen atoms in total. The maximum atomic E-state index is 12.5. The van der Waals surface area contributed by atoms with Gasteiger partial charge < -0.3 is 10.5 Å². The van der Waals surface area contributed by atoms with Crippen LogP contribution in [0.3, 0.4) is 0 Å². The molecule has 0 aliphatic rings. The second-order valence-electron chi connectivity index (χ2n) is 3.86. The van der Waals surface area contributed by atoms with Crippen molar-refractivity contribution in [3.05, 3.63) is 29.8 Å². The monoisotopic (exact) mass is 287 g/mol. The van der Waals surface area contributed by atoms with Gasteiger partial charge in [0.15, 0.2) is 5.92 Å². The number of hydrogen-bond donors (Lipinski definition) is 1. The fourth-order valence-corrected chi connectivity index (χ4v) is 1.61. The van der Waals surface area contributed by atoms with Crippen LogP contribution in [0.4, 0.5) is 26.3 Å². The Balaban J connectivity index is 3.09. The molecule has 2 N–H and O–H groups in total. The van der Waals surface area contributed by atoms with E-state index in [9.17, 15) is 26.3 Å². The van der Waals surface area contributed by atoms with Gasteiger partial charge in [-0.2, -0.15) is 26.3 Å². The van der Waals surface area contributed by atoms with Crippen molar-refractivity contribution in [1.82, 2.24) is 0 Å². The number of hydrogen-bond acceptors (Lipinski definition) is 2. The second-order valence-corrected chi connectivity index (χ2v) is 3.86. The van der Waals surface area contributed by atoms with Gasteiger partial charge in [-0.25, -0.2) is 0 Å². The standard InChI is InChI=1S/C11H11F6NO/c1-19-7-4-2-6(3-5-7)8(18)9(10(12,13)14)11(15,16)17/h2-5,8-9H,18H2,1H3. The molecule has 0 radical (unpaired) electrons. The number of ether oxygens (including phenoxy) is 1. The zero-order chi connectivity index (χ0) is 14.8. The van der Waals surface area contributed by atoms with Crippen molar-refractivity contribution in [1.29, 1.82) is 0 Å². The summed E-state index contributed by atoms with van der Waals surface area (Å²) in [6.45, 7) is 0. The predicted octanol–water partition coefficient (Wildman–Crippen LogP) is 3.44. The number of nitrogens with two attached hydrogens (primary N) is 1. The van der Waals surface area contributed by atoms with Gasteiger partial charge in [0.25, 0.3) is 0 Å². The summed E-state index contributed by atoms with van der Waals surface area (Å²) in [6, 6.07) is 2.44. The molecule has 0 bridgehead atoms. The Morgan fingerprint density at radius 1 is 0.947 bits per heavy atom. The normalized spacial score (nSPS) is 14.6. The van der Waals surface area contributed by atoms with Crippen molar-refractivity contribution in [3.8, 4) is 5.75 Å². The zero-order valence-electron chi connectivity index (χ0n) is 9.72. The van der Waals surface area contributed by atoms with Crippen molar-refractivity contribution in [2.45, 2.75) is 18.4 Å². The Hall–Kier alpha value is -1.44. The SMILES string of the molecule is COc1ccc(C(N)C(C(F)(F)F)C(F)(F)F)cc1. The van der Waals surface area contributed by atoms with Crippen molar-refractivity contribution < 1.29 is 31.1 Å². The minimum absolute atomic E-state index is 0.263. The molecule has 0 amide bonds. The van der Waals surface area contributed by atoms with Gasteiger partial charge >= 0.3 is 12.4 Å². The molecule has 108 valence electrons. The summed E-state index contributed by atoms with van der Waals surface area (Å²) >= 11 is 0. The topological polar surface area (TPSA) is 35.2 Å². The molecular weight excluding hydrogens is 276 g/mol. The van der Waals surface area contributed by atoms with Crippen LogP contribution >= 0.6 is 0 Å². The summed E-state index contributed by atoms with van der Waals surface area (Å²) in [5, 5.41) is 0. The highest BCUT2D eigenvalue weighted by molar-refractivity contribution is 5.29. The molecular formula is C11H11F6NO. The van der Waals surface area contributed by atoms with Gasteiger partial charge in [-0.05, 0) is 17.7 Å². The molecule has 19 heavy (non-hydrogen) atoms. The maximum absolute atomic E-state index is 12.5. The predicted molar refractivity (Wildman–Crippen MR) is 55.5 cm³/mol. The Morgan fingerprint density at radius 2 is 1.37 bits per heavy atom. The van der Waals surface area contributed by atoms with Crippen LogP contribution in [0, 0.1) is 5.92 Å². The first-order valence-corrected chi connectivity index (χ1v) is 5.10. The van der Waals surface area contributed by atoms with Gasteiger partial charge in [0.1, 0.15) is 5.75 Å². The van der Waals surface area contributed by atoms with Gasteiger partial charge in [0, 0.05) is 0 Å². The zero-order valence-corrected chi connectivity index (χ0v) is 9.72. The fraction of sp³-hybridized carbons (Fsp3) is 0.455. The lowest BCUT2D eigenvalue weighted by atomic mass is 9.92. The van der Waals surface area contributed by atoms with E-state index >= 15 is 0 Å². The van der Waals surface area contributed by atoms with Crippen LogP contribution in [0.25, 0.3) is 0 Å². The number of benzene rings is 1. The Kier molecular flexibility index (Phi) is 4.34. The number of halogens is 6. The van der Waals surface area contributed by atoms with Crippen molar-refractivity contribution in [2.24, 2.45) is 11.7 Å². The van der Waals surface area contributed by atoms with E-state index in [4.69, 9.17) is 10.5 Å².